The van der Waals surface area contributed by atoms with Crippen molar-refractivity contribution in [2.45, 2.75) is 13.0 Å². The minimum Gasteiger partial charge on any atom is -0.497 e. The minimum absolute atomic E-state index is 0.123. The lowest BCUT2D eigenvalue weighted by molar-refractivity contribution is -0.115. The topological polar surface area (TPSA) is 61.7 Å². The van der Waals surface area contributed by atoms with Crippen LogP contribution in [0.2, 0.25) is 5.02 Å². The summed E-state index contributed by atoms with van der Waals surface area (Å²) in [5.41, 5.74) is 3.65. The first-order valence-electron chi connectivity index (χ1n) is 10.4. The molecule has 6 nitrogen and oxygen atoms in total. The van der Waals surface area contributed by atoms with Gasteiger partial charge in [-0.1, -0.05) is 29.8 Å². The smallest absolute Gasteiger partial charge is 0.228 e. The van der Waals surface area contributed by atoms with Crippen LogP contribution in [0.5, 0.6) is 17.2 Å². The maximum absolute atomic E-state index is 12.8. The normalized spacial score (nSPS) is 10.8. The molecule has 0 bridgehead atoms. The molecule has 0 spiro atoms. The molecule has 1 amide bonds. The molecule has 0 atom stereocenters. The van der Waals surface area contributed by atoms with Gasteiger partial charge in [0.05, 0.1) is 32.8 Å². The van der Waals surface area contributed by atoms with Crippen molar-refractivity contribution in [2.75, 3.05) is 26.6 Å². The number of amides is 1. The lowest BCUT2D eigenvalue weighted by Gasteiger charge is -2.10. The van der Waals surface area contributed by atoms with Crippen LogP contribution in [-0.4, -0.2) is 31.8 Å². The number of methoxy groups -OCH3 is 3. The number of carbonyl (C=O) groups is 1. The monoisotopic (exact) mass is 464 g/mol. The van der Waals surface area contributed by atoms with Gasteiger partial charge >= 0.3 is 0 Å². The second-order valence-corrected chi connectivity index (χ2v) is 8.00. The average Bonchev–Trinajstić information content (AvgIpc) is 3.15. The third-order valence-corrected chi connectivity index (χ3v) is 5.72. The summed E-state index contributed by atoms with van der Waals surface area (Å²) in [6.45, 7) is 0.615. The summed E-state index contributed by atoms with van der Waals surface area (Å²) >= 11 is 6.18. The van der Waals surface area contributed by atoms with Gasteiger partial charge in [0.1, 0.15) is 17.2 Å². The second kappa shape index (κ2) is 9.88. The molecule has 1 N–H and O–H groups in total. The van der Waals surface area contributed by atoms with Gasteiger partial charge in [-0.15, -0.1) is 0 Å². The van der Waals surface area contributed by atoms with Crippen LogP contribution in [0, 0.1) is 0 Å². The van der Waals surface area contributed by atoms with E-state index in [1.54, 1.807) is 39.5 Å². The second-order valence-electron chi connectivity index (χ2n) is 7.59. The Labute approximate surface area is 197 Å². The number of ether oxygens (including phenoxy) is 3. The fourth-order valence-electron chi connectivity index (χ4n) is 3.87. The quantitative estimate of drug-likeness (QED) is 0.371. The number of hydrogen-bond donors (Lipinski definition) is 1. The van der Waals surface area contributed by atoms with E-state index in [1.165, 1.54) is 0 Å². The molecule has 0 aliphatic rings. The van der Waals surface area contributed by atoms with Crippen LogP contribution in [0.1, 0.15) is 11.1 Å². The number of fused-ring (bicyclic) bond motifs is 1. The number of rotatable bonds is 8. The zero-order valence-electron chi connectivity index (χ0n) is 18.7. The summed E-state index contributed by atoms with van der Waals surface area (Å²) < 4.78 is 18.1. The van der Waals surface area contributed by atoms with Crippen molar-refractivity contribution in [1.82, 2.24) is 4.57 Å². The molecule has 0 aliphatic carbocycles. The van der Waals surface area contributed by atoms with Gasteiger partial charge in [0.25, 0.3) is 0 Å². The predicted molar refractivity (Wildman–Crippen MR) is 131 cm³/mol. The van der Waals surface area contributed by atoms with E-state index < -0.39 is 0 Å². The van der Waals surface area contributed by atoms with Gasteiger partial charge in [-0.3, -0.25) is 4.79 Å². The van der Waals surface area contributed by atoms with Crippen LogP contribution in [-0.2, 0) is 17.8 Å². The molecule has 0 radical (unpaired) electrons. The van der Waals surface area contributed by atoms with E-state index in [2.05, 4.69) is 16.0 Å². The Hall–Kier alpha value is -3.64. The van der Waals surface area contributed by atoms with Gasteiger partial charge in [-0.25, -0.2) is 0 Å². The van der Waals surface area contributed by atoms with Gasteiger partial charge in [0, 0.05) is 35.4 Å². The van der Waals surface area contributed by atoms with Crippen LogP contribution in [0.15, 0.2) is 66.9 Å². The van der Waals surface area contributed by atoms with Gasteiger partial charge in [0.2, 0.25) is 5.91 Å². The summed E-state index contributed by atoms with van der Waals surface area (Å²) in [6.07, 6.45) is 2.26. The molecule has 4 aromatic rings. The molecule has 3 aromatic carbocycles. The van der Waals surface area contributed by atoms with Crippen molar-refractivity contribution in [3.05, 3.63) is 83.0 Å². The zero-order valence-corrected chi connectivity index (χ0v) is 19.5. The summed E-state index contributed by atoms with van der Waals surface area (Å²) in [6, 6.07) is 19.0. The highest BCUT2D eigenvalue weighted by atomic mass is 35.5. The van der Waals surface area contributed by atoms with E-state index in [9.17, 15) is 4.79 Å². The molecule has 7 heteroatoms. The molecule has 33 heavy (non-hydrogen) atoms. The zero-order chi connectivity index (χ0) is 23.4. The van der Waals surface area contributed by atoms with Crippen molar-refractivity contribution >= 4 is 34.1 Å². The first-order chi connectivity index (χ1) is 16.0. The number of benzene rings is 3. The molecule has 0 aliphatic heterocycles. The lowest BCUT2D eigenvalue weighted by Crippen LogP contribution is -2.14. The van der Waals surface area contributed by atoms with Crippen molar-refractivity contribution in [2.24, 2.45) is 0 Å². The Morgan fingerprint density at radius 2 is 1.67 bits per heavy atom. The SMILES string of the molecule is COc1cc(Cn2cc(CC(=O)Nc3ccc(OC)c(Cl)c3)c3ccccc32)cc(OC)c1. The lowest BCUT2D eigenvalue weighted by atomic mass is 10.1. The van der Waals surface area contributed by atoms with Crippen molar-refractivity contribution in [1.29, 1.82) is 0 Å². The number of nitrogens with zero attached hydrogens (tertiary/aromatic N) is 1. The molecular weight excluding hydrogens is 440 g/mol. The van der Waals surface area contributed by atoms with Gasteiger partial charge in [-0.2, -0.15) is 0 Å². The first-order valence-corrected chi connectivity index (χ1v) is 10.8. The maximum Gasteiger partial charge on any atom is 0.228 e. The molecule has 0 unspecified atom stereocenters. The van der Waals surface area contributed by atoms with Crippen LogP contribution < -0.4 is 19.5 Å². The fourth-order valence-corrected chi connectivity index (χ4v) is 4.13. The number of aromatic nitrogens is 1. The fraction of sp³-hybridized carbons (Fsp3) is 0.192. The van der Waals surface area contributed by atoms with E-state index >= 15 is 0 Å². The molecule has 0 saturated carbocycles. The van der Waals surface area contributed by atoms with E-state index in [0.717, 1.165) is 33.5 Å². The molecular formula is C26H25ClN2O4. The highest BCUT2D eigenvalue weighted by molar-refractivity contribution is 6.32. The molecule has 1 aromatic heterocycles. The third kappa shape index (κ3) is 5.07. The Balaban J connectivity index is 1.58. The van der Waals surface area contributed by atoms with Crippen LogP contribution in [0.3, 0.4) is 0 Å². The van der Waals surface area contributed by atoms with Crippen molar-refractivity contribution in [3.63, 3.8) is 0 Å². The van der Waals surface area contributed by atoms with Crippen molar-refractivity contribution < 1.29 is 19.0 Å². The van der Waals surface area contributed by atoms with E-state index in [-0.39, 0.29) is 12.3 Å². The predicted octanol–water partition coefficient (Wildman–Crippen LogP) is 5.55. The van der Waals surface area contributed by atoms with E-state index in [1.807, 2.05) is 42.6 Å². The summed E-state index contributed by atoms with van der Waals surface area (Å²) in [5.74, 6) is 1.91. The number of hydrogen-bond acceptors (Lipinski definition) is 4. The minimum atomic E-state index is -0.123. The molecule has 0 fully saturated rings. The van der Waals surface area contributed by atoms with Crippen molar-refractivity contribution in [3.8, 4) is 17.2 Å². The number of anilines is 1. The molecule has 170 valence electrons. The Morgan fingerprint density at radius 3 is 2.33 bits per heavy atom. The largest absolute Gasteiger partial charge is 0.497 e. The van der Waals surface area contributed by atoms with Crippen LogP contribution in [0.25, 0.3) is 10.9 Å². The standard InChI is InChI=1S/C26H25ClN2O4/c1-31-20-10-17(11-21(14-20)32-2)15-29-16-18(22-6-4-5-7-24(22)29)12-26(30)28-19-8-9-25(33-3)23(27)13-19/h4-11,13-14,16H,12,15H2,1-3H3,(H,28,30). The Kier molecular flexibility index (Phi) is 6.75. The molecule has 4 rings (SSSR count). The number of para-hydroxylation sites is 1. The summed E-state index contributed by atoms with van der Waals surface area (Å²) in [4.78, 5) is 12.8. The van der Waals surface area contributed by atoms with Crippen LogP contribution in [0.4, 0.5) is 5.69 Å². The average molecular weight is 465 g/mol. The van der Waals surface area contributed by atoms with Crippen LogP contribution >= 0.6 is 11.6 Å². The van der Waals surface area contributed by atoms with E-state index in [4.69, 9.17) is 25.8 Å². The number of nitrogens with one attached hydrogen (secondary N) is 1. The molecule has 0 saturated heterocycles. The Bertz CT molecular complexity index is 1280. The summed E-state index contributed by atoms with van der Waals surface area (Å²) in [7, 11) is 4.82. The van der Waals surface area contributed by atoms with Gasteiger partial charge < -0.3 is 24.1 Å². The van der Waals surface area contributed by atoms with E-state index in [0.29, 0.717) is 23.0 Å². The van der Waals surface area contributed by atoms with Gasteiger partial charge in [0.15, 0.2) is 0 Å². The highest BCUT2D eigenvalue weighted by Gasteiger charge is 2.14. The maximum atomic E-state index is 12.8. The number of halogens is 1. The first kappa shape index (κ1) is 22.6. The highest BCUT2D eigenvalue weighted by Crippen LogP contribution is 2.29. The molecule has 1 heterocycles. The van der Waals surface area contributed by atoms with Gasteiger partial charge in [-0.05, 0) is 47.5 Å². The number of carbonyl (C=O) groups excluding carboxylic acids is 1. The Morgan fingerprint density at radius 1 is 0.939 bits per heavy atom. The third-order valence-electron chi connectivity index (χ3n) is 5.42. The summed E-state index contributed by atoms with van der Waals surface area (Å²) in [5, 5.41) is 4.40.